The molecule has 0 aliphatic heterocycles. The molecule has 0 saturated heterocycles. The lowest BCUT2D eigenvalue weighted by Crippen LogP contribution is -3.00. The fourth-order valence-electron chi connectivity index (χ4n) is 4.66. The van der Waals surface area contributed by atoms with Crippen molar-refractivity contribution in [3.8, 4) is 5.75 Å². The molecule has 50 heavy (non-hydrogen) atoms. The maximum atomic E-state index is 12.7. The van der Waals surface area contributed by atoms with E-state index >= 15 is 0 Å². The molecule has 4 aromatic rings. The summed E-state index contributed by atoms with van der Waals surface area (Å²) in [5.41, 5.74) is 4.37. The van der Waals surface area contributed by atoms with E-state index in [9.17, 15) is 9.59 Å². The topological polar surface area (TPSA) is 145 Å². The number of methoxy groups -OCH3 is 2. The van der Waals surface area contributed by atoms with Crippen LogP contribution in [0.15, 0.2) is 70.9 Å². The molecule has 2 amide bonds. The van der Waals surface area contributed by atoms with Crippen LogP contribution in [0.1, 0.15) is 45.0 Å². The first kappa shape index (κ1) is 43.5. The smallest absolute Gasteiger partial charge is 0.431 e. The van der Waals surface area contributed by atoms with Crippen LogP contribution in [0.4, 0.5) is 44.4 Å². The minimum atomic E-state index is -0.251. The number of ether oxygens (including phenoxy) is 2. The van der Waals surface area contributed by atoms with Gasteiger partial charge in [-0.2, -0.15) is 0 Å². The van der Waals surface area contributed by atoms with Gasteiger partial charge in [0.1, 0.15) is 18.5 Å². The molecule has 3 aromatic carbocycles. The van der Waals surface area contributed by atoms with Crippen LogP contribution in [-0.4, -0.2) is 57.4 Å². The van der Waals surface area contributed by atoms with E-state index in [0.717, 1.165) is 16.5 Å². The number of rotatable bonds is 12. The average molecular weight is 748 g/mol. The number of benzene rings is 3. The van der Waals surface area contributed by atoms with Crippen LogP contribution in [0.25, 0.3) is 0 Å². The molecule has 0 atom stereocenters. The zero-order chi connectivity index (χ0) is 35.4. The number of hydrogen-bond donors (Lipinski definition) is 4. The first-order valence-electron chi connectivity index (χ1n) is 15.3. The molecule has 4 rings (SSSR count). The van der Waals surface area contributed by atoms with E-state index in [0.29, 0.717) is 39.2 Å². The first-order valence-corrected chi connectivity index (χ1v) is 16.2. The fraction of sp³-hybridized carbons (Fsp3) is 0.353. The highest BCUT2D eigenvalue weighted by Gasteiger charge is 2.24. The Morgan fingerprint density at radius 1 is 0.840 bits per heavy atom. The lowest BCUT2D eigenvalue weighted by atomic mass is 10.2. The second-order valence-electron chi connectivity index (χ2n) is 11.2. The third kappa shape index (κ3) is 12.1. The summed E-state index contributed by atoms with van der Waals surface area (Å²) < 4.78 is 11.6. The summed E-state index contributed by atoms with van der Waals surface area (Å²) in [6, 6.07) is 18.5. The lowest BCUT2D eigenvalue weighted by molar-refractivity contribution is -0.712. The maximum Gasteiger partial charge on any atom is 0.431 e. The summed E-state index contributed by atoms with van der Waals surface area (Å²) in [5.74, 6) is 0.0454. The summed E-state index contributed by atoms with van der Waals surface area (Å²) in [5, 5.41) is 27.2. The van der Waals surface area contributed by atoms with Gasteiger partial charge in [0.25, 0.3) is 5.91 Å². The first-order chi connectivity index (χ1) is 22.9. The normalized spacial score (nSPS) is 10.4. The maximum absolute atomic E-state index is 12.7. The van der Waals surface area contributed by atoms with Crippen molar-refractivity contribution < 1.29 is 48.6 Å². The van der Waals surface area contributed by atoms with Gasteiger partial charge >= 0.3 is 5.13 Å². The Kier molecular flexibility index (Phi) is 18.2. The van der Waals surface area contributed by atoms with Gasteiger partial charge in [-0.15, -0.1) is 4.68 Å². The van der Waals surface area contributed by atoms with Gasteiger partial charge in [0.15, 0.2) is 0 Å². The van der Waals surface area contributed by atoms with Crippen molar-refractivity contribution >= 4 is 67.5 Å². The summed E-state index contributed by atoms with van der Waals surface area (Å²) in [4.78, 5) is 27.0. The molecule has 0 aliphatic carbocycles. The van der Waals surface area contributed by atoms with Gasteiger partial charge < -0.3 is 60.5 Å². The van der Waals surface area contributed by atoms with Crippen molar-refractivity contribution in [3.63, 3.8) is 0 Å². The number of aryl methyl sites for hydroxylation is 1. The minimum Gasteiger partial charge on any atom is -1.00 e. The molecule has 0 aliphatic rings. The van der Waals surface area contributed by atoms with E-state index in [4.69, 9.17) is 4.74 Å². The fourth-order valence-corrected chi connectivity index (χ4v) is 5.76. The third-order valence-electron chi connectivity index (χ3n) is 6.76. The van der Waals surface area contributed by atoms with Crippen LogP contribution >= 0.6 is 11.3 Å². The number of azo groups is 1. The van der Waals surface area contributed by atoms with Crippen molar-refractivity contribution in [2.24, 2.45) is 17.3 Å². The molecule has 0 unspecified atom stereocenters. The van der Waals surface area contributed by atoms with E-state index in [1.165, 1.54) is 18.3 Å². The van der Waals surface area contributed by atoms with E-state index < -0.39 is 0 Å². The standard InChI is InChI=1S/C32H39N9O3S.C2H6O.2ClH/c1-19(2)41(20(3)4)32-39-40(7)31(45-32)38-37-27-18-29(44-8)28(17-26(27)34-21(5)42)35-24-13-15-25(16-14-24)36-30(43)22-9-11-23(33-6)12-10-22;1-3-2;;/h9-20H,1-8H3,(H3,33,34,35,36,37,42,43);1-2H3;2*1H/p-1. The molecule has 16 heteroatoms. The Bertz CT molecular complexity index is 1690. The number of amides is 2. The van der Waals surface area contributed by atoms with Crippen LogP contribution in [0, 0.1) is 0 Å². The number of hydrogen-bond acceptors (Lipinski definition) is 11. The quantitative estimate of drug-likeness (QED) is 0.125. The Hall–Kier alpha value is -4.50. The van der Waals surface area contributed by atoms with Crippen LogP contribution < -0.4 is 60.4 Å². The number of carbonyl (C=O) groups excluding carboxylic acids is 2. The third-order valence-corrected chi connectivity index (χ3v) is 7.76. The molecule has 272 valence electrons. The van der Waals surface area contributed by atoms with Gasteiger partial charge in [-0.25, -0.2) is 0 Å². The van der Waals surface area contributed by atoms with Crippen molar-refractivity contribution in [1.29, 1.82) is 0 Å². The molecule has 1 aromatic heterocycles. The number of carbonyl (C=O) groups is 2. The van der Waals surface area contributed by atoms with Crippen LogP contribution in [0.3, 0.4) is 0 Å². The highest BCUT2D eigenvalue weighted by molar-refractivity contribution is 7.18. The minimum absolute atomic E-state index is 0. The van der Waals surface area contributed by atoms with Gasteiger partial charge in [-0.05, 0) is 98.7 Å². The van der Waals surface area contributed by atoms with Gasteiger partial charge in [0, 0.05) is 69.0 Å². The molecule has 0 radical (unpaired) electrons. The highest BCUT2D eigenvalue weighted by Crippen LogP contribution is 2.39. The largest absolute Gasteiger partial charge is 1.00 e. The van der Waals surface area contributed by atoms with Gasteiger partial charge in [-0.1, -0.05) is 5.10 Å². The van der Waals surface area contributed by atoms with E-state index in [1.807, 2.05) is 38.4 Å². The van der Waals surface area contributed by atoms with Crippen LogP contribution in [0.5, 0.6) is 5.75 Å². The Balaban J connectivity index is 0.00000241. The number of nitrogens with zero attached hydrogens (tertiary/aromatic N) is 5. The Morgan fingerprint density at radius 2 is 1.40 bits per heavy atom. The van der Waals surface area contributed by atoms with Crippen LogP contribution in [-0.2, 0) is 16.6 Å². The molecule has 13 nitrogen and oxygen atoms in total. The zero-order valence-electron chi connectivity index (χ0n) is 30.0. The number of aromatic nitrogens is 2. The average Bonchev–Trinajstić information content (AvgIpc) is 3.40. The summed E-state index contributed by atoms with van der Waals surface area (Å²) in [7, 11) is 8.46. The highest BCUT2D eigenvalue weighted by atomic mass is 35.5. The van der Waals surface area contributed by atoms with E-state index in [2.05, 4.69) is 73.9 Å². The van der Waals surface area contributed by atoms with Crippen LogP contribution in [0.2, 0.25) is 0 Å². The molecule has 0 spiro atoms. The second-order valence-corrected chi connectivity index (χ2v) is 12.2. The second kappa shape index (κ2) is 20.9. The van der Waals surface area contributed by atoms with E-state index in [-0.39, 0.29) is 48.7 Å². The predicted molar refractivity (Wildman–Crippen MR) is 194 cm³/mol. The summed E-state index contributed by atoms with van der Waals surface area (Å²) in [6.07, 6.45) is 0. The molecule has 0 bridgehead atoms. The zero-order valence-corrected chi connectivity index (χ0v) is 32.3. The molecular formula is C34H46Cl2N9O4S-. The number of halogens is 2. The number of nitrogens with one attached hydrogen (secondary N) is 4. The van der Waals surface area contributed by atoms with Crippen molar-refractivity contribution in [1.82, 2.24) is 5.10 Å². The molecule has 0 saturated carbocycles. The monoisotopic (exact) mass is 746 g/mol. The summed E-state index contributed by atoms with van der Waals surface area (Å²) >= 11 is 1.44. The van der Waals surface area contributed by atoms with Gasteiger partial charge in [0.05, 0.1) is 23.6 Å². The van der Waals surface area contributed by atoms with Crippen molar-refractivity contribution in [2.45, 2.75) is 46.7 Å². The lowest BCUT2D eigenvalue weighted by Gasteiger charge is -2.28. The summed E-state index contributed by atoms with van der Waals surface area (Å²) in [6.45, 7) is 9.94. The van der Waals surface area contributed by atoms with Gasteiger partial charge in [-0.3, -0.25) is 9.59 Å². The molecule has 1 heterocycles. The van der Waals surface area contributed by atoms with E-state index in [1.54, 1.807) is 62.4 Å². The molecular weight excluding hydrogens is 701 g/mol. The van der Waals surface area contributed by atoms with Gasteiger partial charge in [0.2, 0.25) is 11.0 Å². The SMILES string of the molecule is CNc1ccc(C(=O)Nc2ccc(Nc3cc(NC(C)=O)c(N=Nc4sc(N(C(C)C)C(C)C)n[n+]4C)cc3OC)cc2)cc1.COC.[Cl-].[Cl-]. The molecule has 0 fully saturated rings. The number of anilines is 6. The molecule has 4 N–H and O–H groups in total. The predicted octanol–water partition coefficient (Wildman–Crippen LogP) is 1.28. The Labute approximate surface area is 310 Å². The van der Waals surface area contributed by atoms with Crippen molar-refractivity contribution in [3.05, 3.63) is 66.2 Å². The Morgan fingerprint density at radius 3 is 1.92 bits per heavy atom. The van der Waals surface area contributed by atoms with Crippen molar-refractivity contribution in [2.75, 3.05) is 54.5 Å².